The van der Waals surface area contributed by atoms with E-state index >= 15 is 0 Å². The van der Waals surface area contributed by atoms with Gasteiger partial charge in [0.25, 0.3) is 0 Å². The van der Waals surface area contributed by atoms with Crippen molar-refractivity contribution in [1.82, 2.24) is 4.72 Å². The number of ether oxygens (including phenoxy) is 1. The molecule has 1 atom stereocenters. The minimum absolute atomic E-state index is 0.0135. The monoisotopic (exact) mass is 338 g/mol. The molecule has 2 rings (SSSR count). The third-order valence-electron chi connectivity index (χ3n) is 3.09. The maximum Gasteiger partial charge on any atom is 0.244 e. The van der Waals surface area contributed by atoms with E-state index in [9.17, 15) is 8.42 Å². The van der Waals surface area contributed by atoms with E-state index in [2.05, 4.69) is 4.72 Å². The summed E-state index contributed by atoms with van der Waals surface area (Å²) in [5.74, 6) is 0. The Morgan fingerprint density at radius 2 is 2.15 bits per heavy atom. The van der Waals surface area contributed by atoms with Crippen LogP contribution in [-0.2, 0) is 14.8 Å². The SMILES string of the molecule is Nc1cc(Cl)cc(Cl)c1S(=O)(=O)NCCC1CCCO1. The Morgan fingerprint density at radius 3 is 2.75 bits per heavy atom. The van der Waals surface area contributed by atoms with Crippen LogP contribution >= 0.6 is 23.2 Å². The van der Waals surface area contributed by atoms with E-state index in [1.54, 1.807) is 0 Å². The number of anilines is 1. The van der Waals surface area contributed by atoms with Crippen LogP contribution in [0.15, 0.2) is 17.0 Å². The molecular weight excluding hydrogens is 323 g/mol. The van der Waals surface area contributed by atoms with Gasteiger partial charge in [-0.25, -0.2) is 13.1 Å². The highest BCUT2D eigenvalue weighted by atomic mass is 35.5. The second-order valence-corrected chi connectivity index (χ2v) is 7.17. The van der Waals surface area contributed by atoms with Crippen LogP contribution < -0.4 is 10.5 Å². The molecule has 1 aromatic carbocycles. The fraction of sp³-hybridized carbons (Fsp3) is 0.500. The van der Waals surface area contributed by atoms with Crippen molar-refractivity contribution in [3.63, 3.8) is 0 Å². The molecule has 0 bridgehead atoms. The van der Waals surface area contributed by atoms with Gasteiger partial charge in [0.2, 0.25) is 10.0 Å². The number of halogens is 2. The highest BCUT2D eigenvalue weighted by molar-refractivity contribution is 7.89. The summed E-state index contributed by atoms with van der Waals surface area (Å²) in [6.45, 7) is 1.03. The van der Waals surface area contributed by atoms with E-state index in [4.69, 9.17) is 33.7 Å². The Hall–Kier alpha value is -0.530. The average molecular weight is 339 g/mol. The summed E-state index contributed by atoms with van der Waals surface area (Å²) < 4.78 is 32.3. The number of benzene rings is 1. The lowest BCUT2D eigenvalue weighted by molar-refractivity contribution is 0.105. The van der Waals surface area contributed by atoms with Gasteiger partial charge in [-0.2, -0.15) is 0 Å². The molecule has 1 aliphatic rings. The smallest absolute Gasteiger partial charge is 0.244 e. The van der Waals surface area contributed by atoms with Gasteiger partial charge in [-0.1, -0.05) is 23.2 Å². The molecule has 1 heterocycles. The van der Waals surface area contributed by atoms with Crippen molar-refractivity contribution >= 4 is 38.9 Å². The van der Waals surface area contributed by atoms with E-state index in [0.717, 1.165) is 19.4 Å². The topological polar surface area (TPSA) is 81.4 Å². The molecule has 8 heteroatoms. The molecule has 0 aliphatic carbocycles. The van der Waals surface area contributed by atoms with Gasteiger partial charge in [0.05, 0.1) is 16.8 Å². The van der Waals surface area contributed by atoms with Crippen molar-refractivity contribution in [1.29, 1.82) is 0 Å². The molecule has 3 N–H and O–H groups in total. The third-order valence-corrected chi connectivity index (χ3v) is 5.29. The Morgan fingerprint density at radius 1 is 1.40 bits per heavy atom. The molecule has 1 saturated heterocycles. The molecule has 1 fully saturated rings. The minimum atomic E-state index is -3.75. The lowest BCUT2D eigenvalue weighted by Gasteiger charge is -2.13. The Kier molecular flexibility index (Phi) is 5.14. The first-order chi connectivity index (χ1) is 9.40. The van der Waals surface area contributed by atoms with Crippen molar-refractivity contribution in [2.45, 2.75) is 30.3 Å². The average Bonchev–Trinajstić information content (AvgIpc) is 2.79. The third kappa shape index (κ3) is 3.77. The van der Waals surface area contributed by atoms with Gasteiger partial charge >= 0.3 is 0 Å². The summed E-state index contributed by atoms with van der Waals surface area (Å²) >= 11 is 11.7. The van der Waals surface area contributed by atoms with Crippen molar-refractivity contribution < 1.29 is 13.2 Å². The number of hydrogen-bond donors (Lipinski definition) is 2. The number of sulfonamides is 1. The lowest BCUT2D eigenvalue weighted by atomic mass is 10.2. The first kappa shape index (κ1) is 15.9. The summed E-state index contributed by atoms with van der Waals surface area (Å²) in [4.78, 5) is -0.129. The molecule has 1 aliphatic heterocycles. The van der Waals surface area contributed by atoms with E-state index in [-0.39, 0.29) is 28.3 Å². The zero-order valence-electron chi connectivity index (χ0n) is 10.7. The quantitative estimate of drug-likeness (QED) is 0.808. The van der Waals surface area contributed by atoms with Crippen LogP contribution in [-0.4, -0.2) is 27.7 Å². The molecular formula is C12H16Cl2N2O3S. The maximum absolute atomic E-state index is 12.2. The Bertz CT molecular complexity index is 563. The van der Waals surface area contributed by atoms with E-state index in [1.165, 1.54) is 12.1 Å². The fourth-order valence-electron chi connectivity index (χ4n) is 2.16. The Balaban J connectivity index is 2.06. The minimum Gasteiger partial charge on any atom is -0.398 e. The Labute approximate surface area is 128 Å². The maximum atomic E-state index is 12.2. The summed E-state index contributed by atoms with van der Waals surface area (Å²) in [7, 11) is -3.75. The van der Waals surface area contributed by atoms with Gasteiger partial charge in [0, 0.05) is 18.2 Å². The zero-order valence-corrected chi connectivity index (χ0v) is 13.1. The number of nitrogen functional groups attached to an aromatic ring is 1. The number of rotatable bonds is 5. The molecule has 5 nitrogen and oxygen atoms in total. The van der Waals surface area contributed by atoms with Crippen molar-refractivity contribution in [3.8, 4) is 0 Å². The van der Waals surface area contributed by atoms with Crippen LogP contribution in [0.2, 0.25) is 10.0 Å². The fourth-order valence-corrected chi connectivity index (χ4v) is 4.19. The summed E-state index contributed by atoms with van der Waals surface area (Å²) in [6.07, 6.45) is 2.74. The number of nitrogens with one attached hydrogen (secondary N) is 1. The first-order valence-corrected chi connectivity index (χ1v) is 8.50. The van der Waals surface area contributed by atoms with Crippen LogP contribution in [0.25, 0.3) is 0 Å². The van der Waals surface area contributed by atoms with Crippen LogP contribution in [0.5, 0.6) is 0 Å². The van der Waals surface area contributed by atoms with Gasteiger partial charge in [-0.3, -0.25) is 0 Å². The molecule has 0 radical (unpaired) electrons. The molecule has 112 valence electrons. The molecule has 0 amide bonds. The van der Waals surface area contributed by atoms with E-state index < -0.39 is 10.0 Å². The number of nitrogens with two attached hydrogens (primary N) is 1. The van der Waals surface area contributed by atoms with E-state index in [0.29, 0.717) is 11.4 Å². The largest absolute Gasteiger partial charge is 0.398 e. The van der Waals surface area contributed by atoms with Crippen LogP contribution in [0.3, 0.4) is 0 Å². The van der Waals surface area contributed by atoms with Crippen molar-refractivity contribution in [3.05, 3.63) is 22.2 Å². The molecule has 20 heavy (non-hydrogen) atoms. The highest BCUT2D eigenvalue weighted by Crippen LogP contribution is 2.31. The van der Waals surface area contributed by atoms with Crippen LogP contribution in [0.1, 0.15) is 19.3 Å². The van der Waals surface area contributed by atoms with Gasteiger partial charge in [-0.05, 0) is 31.4 Å². The second-order valence-electron chi connectivity index (χ2n) is 4.63. The summed E-state index contributed by atoms with van der Waals surface area (Å²) in [5, 5.41) is 0.311. The molecule has 0 saturated carbocycles. The highest BCUT2D eigenvalue weighted by Gasteiger charge is 2.23. The second kappa shape index (κ2) is 6.49. The van der Waals surface area contributed by atoms with Crippen molar-refractivity contribution in [2.75, 3.05) is 18.9 Å². The van der Waals surface area contributed by atoms with Gasteiger partial charge in [-0.15, -0.1) is 0 Å². The van der Waals surface area contributed by atoms with Gasteiger partial charge in [0.15, 0.2) is 0 Å². The summed E-state index contributed by atoms with van der Waals surface area (Å²) in [6, 6.07) is 2.72. The van der Waals surface area contributed by atoms with Crippen LogP contribution in [0, 0.1) is 0 Å². The molecule has 1 aromatic rings. The molecule has 0 aromatic heterocycles. The predicted octanol–water partition coefficient (Wildman–Crippen LogP) is 2.42. The van der Waals surface area contributed by atoms with Crippen molar-refractivity contribution in [2.24, 2.45) is 0 Å². The van der Waals surface area contributed by atoms with Crippen LogP contribution in [0.4, 0.5) is 5.69 Å². The molecule has 0 spiro atoms. The van der Waals surface area contributed by atoms with Gasteiger partial charge < -0.3 is 10.5 Å². The normalized spacial score (nSPS) is 19.4. The van der Waals surface area contributed by atoms with E-state index in [1.807, 2.05) is 0 Å². The lowest BCUT2D eigenvalue weighted by Crippen LogP contribution is -2.28. The molecule has 1 unspecified atom stereocenters. The predicted molar refractivity (Wildman–Crippen MR) is 79.7 cm³/mol. The standard InChI is InChI=1S/C12H16Cl2N2O3S/c13-8-6-10(14)12(11(15)7-8)20(17,18)16-4-3-9-2-1-5-19-9/h6-7,9,16H,1-5,15H2. The summed E-state index contributed by atoms with van der Waals surface area (Å²) in [5.41, 5.74) is 5.72. The number of hydrogen-bond acceptors (Lipinski definition) is 4. The zero-order chi connectivity index (χ0) is 14.8. The van der Waals surface area contributed by atoms with Gasteiger partial charge in [0.1, 0.15) is 4.90 Å². The first-order valence-electron chi connectivity index (χ1n) is 6.26.